The van der Waals surface area contributed by atoms with E-state index in [1.54, 1.807) is 24.1 Å². The quantitative estimate of drug-likeness (QED) is 0.617. The van der Waals surface area contributed by atoms with E-state index in [2.05, 4.69) is 26.1 Å². The highest BCUT2D eigenvalue weighted by Crippen LogP contribution is 2.37. The lowest BCUT2D eigenvalue weighted by Gasteiger charge is -2.34. The number of nitrogens with one attached hydrogen (secondary N) is 1. The summed E-state index contributed by atoms with van der Waals surface area (Å²) in [5, 5.41) is 2.95. The van der Waals surface area contributed by atoms with Crippen molar-refractivity contribution in [1.82, 2.24) is 15.1 Å². The number of ether oxygens (including phenoxy) is 2. The van der Waals surface area contributed by atoms with Crippen molar-refractivity contribution in [3.8, 4) is 11.5 Å². The predicted molar refractivity (Wildman–Crippen MR) is 122 cm³/mol. The summed E-state index contributed by atoms with van der Waals surface area (Å²) < 4.78 is 11.7. The lowest BCUT2D eigenvalue weighted by atomic mass is 10.1. The summed E-state index contributed by atoms with van der Waals surface area (Å²) in [6.07, 6.45) is 0. The number of methoxy groups -OCH3 is 1. The molecule has 2 aromatic carbocycles. The minimum absolute atomic E-state index is 0.0104. The standard InChI is InChI=1S/C23H28BrN3O4/c1-3-31-22-19(24)13-18(14-20(22)30-2)23(29)27-11-9-26(10-12-27)16-21(28)25-15-17-7-5-4-6-8-17/h4-8,13-14H,3,9-12,15-16H2,1-2H3,(H,25,28). The molecule has 0 radical (unpaired) electrons. The zero-order valence-corrected chi connectivity index (χ0v) is 19.5. The Kier molecular flexibility index (Phi) is 8.31. The third-order valence-electron chi connectivity index (χ3n) is 5.12. The Morgan fingerprint density at radius 1 is 1.10 bits per heavy atom. The van der Waals surface area contributed by atoms with Gasteiger partial charge in [-0.2, -0.15) is 0 Å². The number of benzene rings is 2. The van der Waals surface area contributed by atoms with E-state index in [1.807, 2.05) is 37.3 Å². The molecule has 2 aromatic rings. The van der Waals surface area contributed by atoms with Crippen LogP contribution in [0.15, 0.2) is 46.9 Å². The van der Waals surface area contributed by atoms with E-state index in [4.69, 9.17) is 9.47 Å². The Bertz CT molecular complexity index is 899. The van der Waals surface area contributed by atoms with Crippen molar-refractivity contribution < 1.29 is 19.1 Å². The molecule has 2 amide bonds. The van der Waals surface area contributed by atoms with E-state index < -0.39 is 0 Å². The fourth-order valence-corrected chi connectivity index (χ4v) is 4.03. The van der Waals surface area contributed by atoms with Crippen molar-refractivity contribution in [2.45, 2.75) is 13.5 Å². The Balaban J connectivity index is 1.51. The number of carbonyl (C=O) groups is 2. The minimum Gasteiger partial charge on any atom is -0.493 e. The van der Waals surface area contributed by atoms with Gasteiger partial charge in [0.25, 0.3) is 5.91 Å². The van der Waals surface area contributed by atoms with Crippen molar-refractivity contribution in [1.29, 1.82) is 0 Å². The summed E-state index contributed by atoms with van der Waals surface area (Å²) >= 11 is 3.47. The molecular formula is C23H28BrN3O4. The third-order valence-corrected chi connectivity index (χ3v) is 5.71. The third kappa shape index (κ3) is 6.21. The molecule has 31 heavy (non-hydrogen) atoms. The Hall–Kier alpha value is -2.58. The summed E-state index contributed by atoms with van der Waals surface area (Å²) in [5.74, 6) is 1.04. The van der Waals surface area contributed by atoms with Gasteiger partial charge in [0.2, 0.25) is 5.91 Å². The second-order valence-corrected chi connectivity index (χ2v) is 8.11. The maximum Gasteiger partial charge on any atom is 0.254 e. The van der Waals surface area contributed by atoms with Crippen molar-refractivity contribution >= 4 is 27.7 Å². The molecule has 0 unspecified atom stereocenters. The zero-order valence-electron chi connectivity index (χ0n) is 17.9. The topological polar surface area (TPSA) is 71.1 Å². The molecule has 0 aromatic heterocycles. The Morgan fingerprint density at radius 2 is 1.81 bits per heavy atom. The zero-order chi connectivity index (χ0) is 22.2. The number of halogens is 1. The van der Waals surface area contributed by atoms with E-state index in [0.29, 0.717) is 67.4 Å². The first-order chi connectivity index (χ1) is 15.0. The largest absolute Gasteiger partial charge is 0.493 e. The predicted octanol–water partition coefficient (Wildman–Crippen LogP) is 2.93. The average Bonchev–Trinajstić information content (AvgIpc) is 2.79. The molecule has 8 heteroatoms. The number of amides is 2. The van der Waals surface area contributed by atoms with Crippen molar-refractivity contribution in [3.05, 3.63) is 58.1 Å². The van der Waals surface area contributed by atoms with E-state index in [-0.39, 0.29) is 11.8 Å². The molecule has 1 N–H and O–H groups in total. The number of hydrogen-bond acceptors (Lipinski definition) is 5. The molecule has 0 atom stereocenters. The van der Waals surface area contributed by atoms with E-state index in [9.17, 15) is 9.59 Å². The molecule has 166 valence electrons. The second kappa shape index (κ2) is 11.2. The smallest absolute Gasteiger partial charge is 0.254 e. The van der Waals surface area contributed by atoms with Gasteiger partial charge in [-0.1, -0.05) is 30.3 Å². The van der Waals surface area contributed by atoms with Crippen LogP contribution in [0.25, 0.3) is 0 Å². The van der Waals surface area contributed by atoms with E-state index in [0.717, 1.165) is 5.56 Å². The maximum atomic E-state index is 13.0. The molecule has 1 saturated heterocycles. The van der Waals surface area contributed by atoms with Crippen LogP contribution in [0.5, 0.6) is 11.5 Å². The normalized spacial score (nSPS) is 14.2. The van der Waals surface area contributed by atoms with E-state index >= 15 is 0 Å². The van der Waals surface area contributed by atoms with Gasteiger partial charge in [-0.3, -0.25) is 14.5 Å². The first-order valence-corrected chi connectivity index (χ1v) is 11.1. The van der Waals surface area contributed by atoms with Gasteiger partial charge in [-0.05, 0) is 40.5 Å². The molecule has 1 fully saturated rings. The van der Waals surface area contributed by atoms with Crippen LogP contribution in [0.4, 0.5) is 0 Å². The molecule has 7 nitrogen and oxygen atoms in total. The molecule has 0 aliphatic carbocycles. The molecule has 0 saturated carbocycles. The molecule has 1 aliphatic heterocycles. The SMILES string of the molecule is CCOc1c(Br)cc(C(=O)N2CCN(CC(=O)NCc3ccccc3)CC2)cc1OC. The van der Waals surface area contributed by atoms with Gasteiger partial charge in [0.15, 0.2) is 11.5 Å². The summed E-state index contributed by atoms with van der Waals surface area (Å²) in [6.45, 7) is 5.69. The number of carbonyl (C=O) groups excluding carboxylic acids is 2. The fourth-order valence-electron chi connectivity index (χ4n) is 3.47. The fraction of sp³-hybridized carbons (Fsp3) is 0.391. The summed E-state index contributed by atoms with van der Waals surface area (Å²) in [7, 11) is 1.56. The van der Waals surface area contributed by atoms with Crippen molar-refractivity contribution in [3.63, 3.8) is 0 Å². The van der Waals surface area contributed by atoms with Gasteiger partial charge in [0, 0.05) is 38.3 Å². The van der Waals surface area contributed by atoms with Crippen LogP contribution in [-0.4, -0.2) is 68.1 Å². The summed E-state index contributed by atoms with van der Waals surface area (Å²) in [6, 6.07) is 13.3. The lowest BCUT2D eigenvalue weighted by Crippen LogP contribution is -2.51. The van der Waals surface area contributed by atoms with Gasteiger partial charge in [-0.25, -0.2) is 0 Å². The van der Waals surface area contributed by atoms with Gasteiger partial charge in [0.05, 0.1) is 24.7 Å². The number of piperazine rings is 1. The van der Waals surface area contributed by atoms with E-state index in [1.165, 1.54) is 0 Å². The number of rotatable bonds is 8. The molecule has 0 bridgehead atoms. The number of hydrogen-bond donors (Lipinski definition) is 1. The molecule has 1 heterocycles. The van der Waals surface area contributed by atoms with Gasteiger partial charge < -0.3 is 19.7 Å². The van der Waals surface area contributed by atoms with Crippen LogP contribution in [0.2, 0.25) is 0 Å². The first-order valence-electron chi connectivity index (χ1n) is 10.3. The highest BCUT2D eigenvalue weighted by Gasteiger charge is 2.25. The van der Waals surface area contributed by atoms with Gasteiger partial charge in [-0.15, -0.1) is 0 Å². The molecule has 1 aliphatic rings. The van der Waals surface area contributed by atoms with Crippen molar-refractivity contribution in [2.75, 3.05) is 46.4 Å². The second-order valence-electron chi connectivity index (χ2n) is 7.25. The number of nitrogens with zero attached hydrogens (tertiary/aromatic N) is 2. The van der Waals surface area contributed by atoms with Crippen LogP contribution in [0.3, 0.4) is 0 Å². The van der Waals surface area contributed by atoms with Gasteiger partial charge >= 0.3 is 0 Å². The van der Waals surface area contributed by atoms with Crippen LogP contribution in [-0.2, 0) is 11.3 Å². The molecule has 0 spiro atoms. The molecular weight excluding hydrogens is 462 g/mol. The van der Waals surface area contributed by atoms with Crippen LogP contribution >= 0.6 is 15.9 Å². The molecule has 3 rings (SSSR count). The van der Waals surface area contributed by atoms with Crippen LogP contribution in [0, 0.1) is 0 Å². The highest BCUT2D eigenvalue weighted by atomic mass is 79.9. The van der Waals surface area contributed by atoms with Crippen molar-refractivity contribution in [2.24, 2.45) is 0 Å². The minimum atomic E-state index is -0.0600. The monoisotopic (exact) mass is 489 g/mol. The van der Waals surface area contributed by atoms with Gasteiger partial charge in [0.1, 0.15) is 0 Å². The summed E-state index contributed by atoms with van der Waals surface area (Å²) in [4.78, 5) is 29.1. The first kappa shape index (κ1) is 23.1. The Labute approximate surface area is 191 Å². The summed E-state index contributed by atoms with van der Waals surface area (Å²) in [5.41, 5.74) is 1.62. The highest BCUT2D eigenvalue weighted by molar-refractivity contribution is 9.10. The average molecular weight is 490 g/mol. The maximum absolute atomic E-state index is 13.0. The van der Waals surface area contributed by atoms with Crippen LogP contribution < -0.4 is 14.8 Å². The van der Waals surface area contributed by atoms with Crippen LogP contribution in [0.1, 0.15) is 22.8 Å². The lowest BCUT2D eigenvalue weighted by molar-refractivity contribution is -0.122. The Morgan fingerprint density at radius 3 is 2.45 bits per heavy atom.